The van der Waals surface area contributed by atoms with Crippen LogP contribution >= 0.6 is 12.2 Å². The molecule has 0 amide bonds. The first-order valence-electron chi connectivity index (χ1n) is 3.92. The summed E-state index contributed by atoms with van der Waals surface area (Å²) in [5.41, 5.74) is 2.68. The van der Waals surface area contributed by atoms with E-state index in [0.29, 0.717) is 0 Å². The maximum absolute atomic E-state index is 8.00. The van der Waals surface area contributed by atoms with E-state index in [1.807, 2.05) is 13.7 Å². The summed E-state index contributed by atoms with van der Waals surface area (Å²) in [5.74, 6) is 0. The Morgan fingerprint density at radius 2 is 1.54 bits per heavy atom. The summed E-state index contributed by atoms with van der Waals surface area (Å²) >= 11 is 4.27. The van der Waals surface area contributed by atoms with Crippen LogP contribution in [0.5, 0.6) is 0 Å². The van der Waals surface area contributed by atoms with Gasteiger partial charge >= 0.3 is 0 Å². The molecular weight excluding hydrogens is 180 g/mol. The second-order valence-corrected chi connectivity index (χ2v) is 2.87. The van der Waals surface area contributed by atoms with Gasteiger partial charge in [-0.2, -0.15) is 0 Å². The van der Waals surface area contributed by atoms with Gasteiger partial charge in [0.15, 0.2) is 0 Å². The minimum absolute atomic E-state index is 1.34. The Hall–Kier alpha value is -1.02. The van der Waals surface area contributed by atoms with Crippen LogP contribution in [0.3, 0.4) is 0 Å². The van der Waals surface area contributed by atoms with Gasteiger partial charge < -0.3 is 4.79 Å². The Balaban J connectivity index is 0. The highest BCUT2D eigenvalue weighted by molar-refractivity contribution is 7.78. The first kappa shape index (κ1) is 14.5. The van der Waals surface area contributed by atoms with Crippen molar-refractivity contribution >= 4 is 24.4 Å². The second kappa shape index (κ2) is 11.0. The standard InChI is InChI=1S/C8H10.C2H4S.CH2O/c1-7-4-3-5-8(2)6-7;1-2-3;1-2/h3-6H,1-2H3;2H,1H3;1H2. The van der Waals surface area contributed by atoms with E-state index in [1.54, 1.807) is 5.37 Å². The molecule has 72 valence electrons. The molecule has 13 heavy (non-hydrogen) atoms. The third-order valence-corrected chi connectivity index (χ3v) is 1.17. The molecule has 0 aliphatic carbocycles. The van der Waals surface area contributed by atoms with Crippen LogP contribution in [0.25, 0.3) is 0 Å². The summed E-state index contributed by atoms with van der Waals surface area (Å²) in [7, 11) is 0. The van der Waals surface area contributed by atoms with Crippen molar-refractivity contribution < 1.29 is 4.79 Å². The van der Waals surface area contributed by atoms with Crippen molar-refractivity contribution in [1.82, 2.24) is 0 Å². The molecule has 2 heteroatoms. The van der Waals surface area contributed by atoms with E-state index < -0.39 is 0 Å². The van der Waals surface area contributed by atoms with Crippen molar-refractivity contribution in [3.63, 3.8) is 0 Å². The quantitative estimate of drug-likeness (QED) is 0.593. The van der Waals surface area contributed by atoms with Crippen LogP contribution in [-0.2, 0) is 4.79 Å². The van der Waals surface area contributed by atoms with Gasteiger partial charge in [-0.15, -0.1) is 0 Å². The van der Waals surface area contributed by atoms with Crippen LogP contribution in [0.1, 0.15) is 18.1 Å². The van der Waals surface area contributed by atoms with Gasteiger partial charge in [0, 0.05) is 0 Å². The van der Waals surface area contributed by atoms with Crippen molar-refractivity contribution in [1.29, 1.82) is 0 Å². The lowest BCUT2D eigenvalue weighted by Gasteiger charge is -1.90. The number of rotatable bonds is 0. The topological polar surface area (TPSA) is 17.1 Å². The molecule has 0 atom stereocenters. The molecular formula is C11H16OS. The minimum Gasteiger partial charge on any atom is -0.307 e. The number of thiocarbonyl (C=S) groups is 1. The van der Waals surface area contributed by atoms with Crippen LogP contribution in [0, 0.1) is 13.8 Å². The number of carbonyl (C=O) groups is 1. The third-order valence-electron chi connectivity index (χ3n) is 1.17. The van der Waals surface area contributed by atoms with Crippen LogP contribution in [0.2, 0.25) is 0 Å². The zero-order chi connectivity index (χ0) is 10.7. The summed E-state index contributed by atoms with van der Waals surface area (Å²) in [4.78, 5) is 8.00. The lowest BCUT2D eigenvalue weighted by molar-refractivity contribution is -0.0979. The van der Waals surface area contributed by atoms with Crippen LogP contribution in [-0.4, -0.2) is 12.2 Å². The molecule has 0 unspecified atom stereocenters. The smallest absolute Gasteiger partial charge is 0.106 e. The van der Waals surface area contributed by atoms with Gasteiger partial charge in [0.2, 0.25) is 0 Å². The Bertz CT molecular complexity index is 216. The molecule has 0 bridgehead atoms. The van der Waals surface area contributed by atoms with Crippen LogP contribution in [0.4, 0.5) is 0 Å². The largest absolute Gasteiger partial charge is 0.307 e. The molecule has 0 aliphatic rings. The summed E-state index contributed by atoms with van der Waals surface area (Å²) in [6.45, 7) is 8.02. The van der Waals surface area contributed by atoms with Gasteiger partial charge in [0.1, 0.15) is 6.79 Å². The number of benzene rings is 1. The molecule has 1 aromatic carbocycles. The first-order valence-corrected chi connectivity index (χ1v) is 4.39. The van der Waals surface area contributed by atoms with E-state index >= 15 is 0 Å². The number of aryl methyl sites for hydroxylation is 2. The molecule has 0 aliphatic heterocycles. The second-order valence-electron chi connectivity index (χ2n) is 2.39. The zero-order valence-corrected chi connectivity index (χ0v) is 9.23. The molecule has 0 aromatic heterocycles. The molecule has 0 N–H and O–H groups in total. The van der Waals surface area contributed by atoms with Gasteiger partial charge in [-0.25, -0.2) is 0 Å². The van der Waals surface area contributed by atoms with E-state index in [4.69, 9.17) is 4.79 Å². The fraction of sp³-hybridized carbons (Fsp3) is 0.273. The number of carbonyl (C=O) groups excluding carboxylic acids is 1. The molecule has 1 aromatic rings. The SMILES string of the molecule is C=O.CC=S.Cc1cccc(C)c1. The predicted molar refractivity (Wildman–Crippen MR) is 62.4 cm³/mol. The van der Waals surface area contributed by atoms with E-state index in [1.165, 1.54) is 11.1 Å². The van der Waals surface area contributed by atoms with E-state index in [2.05, 4.69) is 50.3 Å². The maximum Gasteiger partial charge on any atom is 0.106 e. The van der Waals surface area contributed by atoms with Crippen molar-refractivity contribution in [3.05, 3.63) is 35.4 Å². The highest BCUT2D eigenvalue weighted by Gasteiger charge is 1.80. The fourth-order valence-electron chi connectivity index (χ4n) is 0.807. The van der Waals surface area contributed by atoms with Gasteiger partial charge in [-0.05, 0) is 26.1 Å². The van der Waals surface area contributed by atoms with Crippen LogP contribution < -0.4 is 0 Å². The highest BCUT2D eigenvalue weighted by atomic mass is 32.1. The average Bonchev–Trinajstić information content (AvgIpc) is 2.08. The third kappa shape index (κ3) is 11.0. The summed E-state index contributed by atoms with van der Waals surface area (Å²) < 4.78 is 0. The summed E-state index contributed by atoms with van der Waals surface area (Å²) in [5, 5.41) is 1.58. The molecule has 1 nitrogen and oxygen atoms in total. The lowest BCUT2D eigenvalue weighted by atomic mass is 10.2. The van der Waals surface area contributed by atoms with Gasteiger partial charge in [0.25, 0.3) is 0 Å². The van der Waals surface area contributed by atoms with Crippen molar-refractivity contribution in [2.75, 3.05) is 0 Å². The minimum atomic E-state index is 1.34. The maximum atomic E-state index is 8.00. The fourth-order valence-corrected chi connectivity index (χ4v) is 0.807. The Kier molecular flexibility index (Phi) is 12.2. The molecule has 0 saturated carbocycles. The molecule has 0 heterocycles. The van der Waals surface area contributed by atoms with Gasteiger partial charge in [0.05, 0.1) is 0 Å². The van der Waals surface area contributed by atoms with E-state index in [-0.39, 0.29) is 0 Å². The Labute approximate surface area is 85.8 Å². The Morgan fingerprint density at radius 3 is 1.69 bits per heavy atom. The molecule has 0 spiro atoms. The van der Waals surface area contributed by atoms with E-state index in [9.17, 15) is 0 Å². The van der Waals surface area contributed by atoms with Crippen molar-refractivity contribution in [2.24, 2.45) is 0 Å². The average molecular weight is 196 g/mol. The van der Waals surface area contributed by atoms with E-state index in [0.717, 1.165) is 0 Å². The van der Waals surface area contributed by atoms with Gasteiger partial charge in [-0.3, -0.25) is 0 Å². The lowest BCUT2D eigenvalue weighted by Crippen LogP contribution is -1.71. The number of hydrogen-bond donors (Lipinski definition) is 0. The summed E-state index contributed by atoms with van der Waals surface area (Å²) in [6.07, 6.45) is 0. The van der Waals surface area contributed by atoms with Crippen molar-refractivity contribution in [2.45, 2.75) is 20.8 Å². The Morgan fingerprint density at radius 1 is 1.23 bits per heavy atom. The predicted octanol–water partition coefficient (Wildman–Crippen LogP) is 3.12. The molecule has 0 saturated heterocycles. The molecule has 0 radical (unpaired) electrons. The van der Waals surface area contributed by atoms with Crippen LogP contribution in [0.15, 0.2) is 24.3 Å². The molecule has 1 rings (SSSR count). The van der Waals surface area contributed by atoms with Crippen molar-refractivity contribution in [3.8, 4) is 0 Å². The normalized spacial score (nSPS) is 7.00. The summed E-state index contributed by atoms with van der Waals surface area (Å²) in [6, 6.07) is 8.45. The first-order chi connectivity index (χ1) is 6.20. The van der Waals surface area contributed by atoms with Gasteiger partial charge in [-0.1, -0.05) is 47.6 Å². The molecule has 0 fully saturated rings. The monoisotopic (exact) mass is 196 g/mol. The number of hydrogen-bond acceptors (Lipinski definition) is 2. The zero-order valence-electron chi connectivity index (χ0n) is 8.41. The highest BCUT2D eigenvalue weighted by Crippen LogP contribution is 2.00.